The van der Waals surface area contributed by atoms with Gasteiger partial charge in [0.1, 0.15) is 11.4 Å². The van der Waals surface area contributed by atoms with Crippen molar-refractivity contribution in [3.05, 3.63) is 23.4 Å². The first-order chi connectivity index (χ1) is 9.42. The van der Waals surface area contributed by atoms with Crippen LogP contribution in [0.15, 0.2) is 12.1 Å². The summed E-state index contributed by atoms with van der Waals surface area (Å²) in [7, 11) is 0. The lowest BCUT2D eigenvalue weighted by Gasteiger charge is -2.35. The third-order valence-electron chi connectivity index (χ3n) is 4.01. The molecular weight excluding hydrogens is 258 g/mol. The lowest BCUT2D eigenvalue weighted by molar-refractivity contribution is -0.143. The molecule has 6 nitrogen and oxygen atoms in total. The first-order valence-corrected chi connectivity index (χ1v) is 6.71. The van der Waals surface area contributed by atoms with Crippen LogP contribution in [0.4, 0.5) is 5.82 Å². The molecule has 0 radical (unpaired) electrons. The summed E-state index contributed by atoms with van der Waals surface area (Å²) in [4.78, 5) is 29.4. The number of aromatic nitrogens is 1. The Morgan fingerprint density at radius 1 is 1.50 bits per heavy atom. The number of aryl methyl sites for hydroxylation is 1. The second-order valence-corrected chi connectivity index (χ2v) is 5.13. The van der Waals surface area contributed by atoms with E-state index in [9.17, 15) is 14.7 Å². The van der Waals surface area contributed by atoms with Crippen molar-refractivity contribution in [2.24, 2.45) is 5.73 Å². The van der Waals surface area contributed by atoms with Gasteiger partial charge in [-0.3, -0.25) is 4.79 Å². The zero-order valence-electron chi connectivity index (χ0n) is 11.7. The standard InChI is InChI=1S/C14H19N3O3/c1-3-14(13(19)20)7-4-8-17(14)12-10(11(15)18)6-5-9(2)16-12/h5-6H,3-4,7-8H2,1-2H3,(H2,15,18)(H,19,20). The summed E-state index contributed by atoms with van der Waals surface area (Å²) in [5.41, 5.74) is 5.39. The normalized spacial score (nSPS) is 22.0. The number of anilines is 1. The lowest BCUT2D eigenvalue weighted by atomic mass is 9.92. The molecule has 20 heavy (non-hydrogen) atoms. The summed E-state index contributed by atoms with van der Waals surface area (Å²) in [5.74, 6) is -1.08. The van der Waals surface area contributed by atoms with E-state index in [4.69, 9.17) is 5.73 Å². The number of hydrogen-bond acceptors (Lipinski definition) is 4. The summed E-state index contributed by atoms with van der Waals surface area (Å²) < 4.78 is 0. The number of rotatable bonds is 4. The topological polar surface area (TPSA) is 96.5 Å². The third kappa shape index (κ3) is 2.11. The number of nitrogens with zero attached hydrogens (tertiary/aromatic N) is 2. The van der Waals surface area contributed by atoms with Crippen molar-refractivity contribution < 1.29 is 14.7 Å². The molecule has 0 aromatic carbocycles. The predicted molar refractivity (Wildman–Crippen MR) is 74.7 cm³/mol. The van der Waals surface area contributed by atoms with E-state index in [-0.39, 0.29) is 5.56 Å². The smallest absolute Gasteiger partial charge is 0.329 e. The average Bonchev–Trinajstić information content (AvgIpc) is 2.83. The Morgan fingerprint density at radius 2 is 2.20 bits per heavy atom. The Balaban J connectivity index is 2.57. The van der Waals surface area contributed by atoms with E-state index in [1.54, 1.807) is 24.0 Å². The zero-order valence-corrected chi connectivity index (χ0v) is 11.7. The van der Waals surface area contributed by atoms with Gasteiger partial charge in [0.25, 0.3) is 5.91 Å². The second kappa shape index (κ2) is 5.11. The minimum Gasteiger partial charge on any atom is -0.479 e. The highest BCUT2D eigenvalue weighted by molar-refractivity contribution is 5.99. The largest absolute Gasteiger partial charge is 0.479 e. The van der Waals surface area contributed by atoms with Gasteiger partial charge in [-0.15, -0.1) is 0 Å². The molecule has 1 saturated heterocycles. The zero-order chi connectivity index (χ0) is 14.9. The van der Waals surface area contributed by atoms with Crippen LogP contribution in [-0.4, -0.2) is 34.1 Å². The molecule has 3 N–H and O–H groups in total. The lowest BCUT2D eigenvalue weighted by Crippen LogP contribution is -2.51. The number of pyridine rings is 1. The van der Waals surface area contributed by atoms with Crippen molar-refractivity contribution in [1.82, 2.24) is 4.98 Å². The van der Waals surface area contributed by atoms with Crippen molar-refractivity contribution >= 4 is 17.7 Å². The molecule has 0 spiro atoms. The third-order valence-corrected chi connectivity index (χ3v) is 4.01. The Labute approximate surface area is 117 Å². The van der Waals surface area contributed by atoms with Crippen LogP contribution in [0, 0.1) is 6.92 Å². The summed E-state index contributed by atoms with van der Waals surface area (Å²) in [6.45, 7) is 4.21. The van der Waals surface area contributed by atoms with Crippen molar-refractivity contribution in [3.8, 4) is 0 Å². The molecule has 1 aliphatic rings. The number of carboxylic acid groups (broad SMARTS) is 1. The van der Waals surface area contributed by atoms with Crippen molar-refractivity contribution in [3.63, 3.8) is 0 Å². The highest BCUT2D eigenvalue weighted by Crippen LogP contribution is 2.37. The van der Waals surface area contributed by atoms with Crippen LogP contribution in [0.2, 0.25) is 0 Å². The molecule has 2 rings (SSSR count). The van der Waals surface area contributed by atoms with Crippen LogP contribution in [0.25, 0.3) is 0 Å². The fraction of sp³-hybridized carbons (Fsp3) is 0.500. The van der Waals surface area contributed by atoms with E-state index in [0.29, 0.717) is 25.2 Å². The fourth-order valence-corrected chi connectivity index (χ4v) is 2.87. The van der Waals surface area contributed by atoms with Crippen LogP contribution in [0.5, 0.6) is 0 Å². The van der Waals surface area contributed by atoms with Gasteiger partial charge in [0.2, 0.25) is 0 Å². The summed E-state index contributed by atoms with van der Waals surface area (Å²) >= 11 is 0. The van der Waals surface area contributed by atoms with E-state index in [2.05, 4.69) is 4.98 Å². The van der Waals surface area contributed by atoms with E-state index < -0.39 is 17.4 Å². The van der Waals surface area contributed by atoms with Crippen molar-refractivity contribution in [2.75, 3.05) is 11.4 Å². The molecule has 1 atom stereocenters. The maximum Gasteiger partial charge on any atom is 0.329 e. The highest BCUT2D eigenvalue weighted by atomic mass is 16.4. The summed E-state index contributed by atoms with van der Waals surface area (Å²) in [6, 6.07) is 3.31. The number of carbonyl (C=O) groups is 2. The quantitative estimate of drug-likeness (QED) is 0.865. The number of primary amides is 1. The van der Waals surface area contributed by atoms with Crippen LogP contribution in [-0.2, 0) is 4.79 Å². The van der Waals surface area contributed by atoms with Crippen LogP contribution in [0.3, 0.4) is 0 Å². The maximum absolute atomic E-state index is 11.7. The molecule has 1 fully saturated rings. The van der Waals surface area contributed by atoms with Gasteiger partial charge in [-0.1, -0.05) is 6.92 Å². The molecule has 1 aliphatic heterocycles. The van der Waals surface area contributed by atoms with Gasteiger partial charge in [-0.05, 0) is 38.3 Å². The predicted octanol–water partition coefficient (Wildman–Crippen LogP) is 1.32. The van der Waals surface area contributed by atoms with Crippen LogP contribution < -0.4 is 10.6 Å². The molecule has 0 aliphatic carbocycles. The minimum atomic E-state index is -0.995. The summed E-state index contributed by atoms with van der Waals surface area (Å²) in [6.07, 6.45) is 1.76. The number of amides is 1. The molecule has 1 aromatic heterocycles. The molecule has 1 unspecified atom stereocenters. The van der Waals surface area contributed by atoms with E-state index in [1.165, 1.54) is 0 Å². The Kier molecular flexibility index (Phi) is 3.65. The Morgan fingerprint density at radius 3 is 2.75 bits per heavy atom. The number of hydrogen-bond donors (Lipinski definition) is 2. The van der Waals surface area contributed by atoms with Crippen molar-refractivity contribution in [2.45, 2.75) is 38.6 Å². The highest BCUT2D eigenvalue weighted by Gasteiger charge is 2.47. The van der Waals surface area contributed by atoms with Crippen molar-refractivity contribution in [1.29, 1.82) is 0 Å². The molecule has 2 heterocycles. The Bertz CT molecular complexity index is 559. The number of nitrogens with two attached hydrogens (primary N) is 1. The number of carboxylic acids is 1. The molecule has 0 bridgehead atoms. The van der Waals surface area contributed by atoms with Gasteiger partial charge >= 0.3 is 5.97 Å². The van der Waals surface area contributed by atoms with E-state index in [1.807, 2.05) is 6.92 Å². The SMILES string of the molecule is CCC1(C(=O)O)CCCN1c1nc(C)ccc1C(N)=O. The molecule has 1 aromatic rings. The Hall–Kier alpha value is -2.11. The first-order valence-electron chi connectivity index (χ1n) is 6.71. The van der Waals surface area contributed by atoms with Crippen LogP contribution in [0.1, 0.15) is 42.2 Å². The molecule has 1 amide bonds. The molecule has 6 heteroatoms. The molecular formula is C14H19N3O3. The van der Waals surface area contributed by atoms with Gasteiger partial charge in [0.15, 0.2) is 0 Å². The average molecular weight is 277 g/mol. The number of aliphatic carboxylic acids is 1. The van der Waals surface area contributed by atoms with Gasteiger partial charge in [-0.2, -0.15) is 0 Å². The second-order valence-electron chi connectivity index (χ2n) is 5.13. The van der Waals surface area contributed by atoms with E-state index >= 15 is 0 Å². The van der Waals surface area contributed by atoms with E-state index in [0.717, 1.165) is 12.1 Å². The van der Waals surface area contributed by atoms with Gasteiger partial charge in [-0.25, -0.2) is 9.78 Å². The monoisotopic (exact) mass is 277 g/mol. The summed E-state index contributed by atoms with van der Waals surface area (Å²) in [5, 5.41) is 9.61. The van der Waals surface area contributed by atoms with Gasteiger partial charge < -0.3 is 15.7 Å². The molecule has 0 saturated carbocycles. The van der Waals surface area contributed by atoms with Crippen LogP contribution >= 0.6 is 0 Å². The van der Waals surface area contributed by atoms with Gasteiger partial charge in [0, 0.05) is 12.2 Å². The maximum atomic E-state index is 11.7. The minimum absolute atomic E-state index is 0.275. The first kappa shape index (κ1) is 14.3. The fourth-order valence-electron chi connectivity index (χ4n) is 2.87. The van der Waals surface area contributed by atoms with Gasteiger partial charge in [0.05, 0.1) is 5.56 Å². The molecule has 108 valence electrons. The number of carbonyl (C=O) groups excluding carboxylic acids is 1.